The Balaban J connectivity index is 2.72. The van der Waals surface area contributed by atoms with Gasteiger partial charge in [-0.25, -0.2) is 13.1 Å². The van der Waals surface area contributed by atoms with Crippen LogP contribution in [0.1, 0.15) is 5.69 Å². The lowest BCUT2D eigenvalue weighted by molar-refractivity contribution is 0.413. The summed E-state index contributed by atoms with van der Waals surface area (Å²) in [4.78, 5) is 0. The lowest BCUT2D eigenvalue weighted by Crippen LogP contribution is -2.20. The summed E-state index contributed by atoms with van der Waals surface area (Å²) in [6.45, 7) is 0. The second-order valence-corrected chi connectivity index (χ2v) is 3.88. The van der Waals surface area contributed by atoms with Crippen molar-refractivity contribution in [2.45, 2.75) is 5.75 Å². The third kappa shape index (κ3) is 2.32. The minimum atomic E-state index is -3.21. The van der Waals surface area contributed by atoms with Crippen LogP contribution in [0.3, 0.4) is 0 Å². The number of nitrogens with one attached hydrogen (secondary N) is 1. The Labute approximate surface area is 64.4 Å². The molecule has 0 radical (unpaired) electrons. The van der Waals surface area contributed by atoms with Crippen LogP contribution in [0.5, 0.6) is 0 Å². The van der Waals surface area contributed by atoms with Gasteiger partial charge in [-0.3, -0.25) is 0 Å². The molecule has 11 heavy (non-hydrogen) atoms. The Morgan fingerprint density at radius 1 is 1.73 bits per heavy atom. The highest BCUT2D eigenvalue weighted by atomic mass is 32.2. The van der Waals surface area contributed by atoms with E-state index < -0.39 is 10.0 Å². The average Bonchev–Trinajstić information content (AvgIpc) is 2.39. The number of rotatable bonds is 3. The topological polar surface area (TPSA) is 72.2 Å². The van der Waals surface area contributed by atoms with E-state index in [1.54, 1.807) is 0 Å². The van der Waals surface area contributed by atoms with Crippen LogP contribution in [0.25, 0.3) is 0 Å². The lowest BCUT2D eigenvalue weighted by Gasteiger charge is -1.96. The van der Waals surface area contributed by atoms with E-state index in [4.69, 9.17) is 0 Å². The largest absolute Gasteiger partial charge is 0.364 e. The average molecular weight is 176 g/mol. The monoisotopic (exact) mass is 176 g/mol. The van der Waals surface area contributed by atoms with Gasteiger partial charge in [0.05, 0.1) is 5.69 Å². The highest BCUT2D eigenvalue weighted by Crippen LogP contribution is 1.99. The summed E-state index contributed by atoms with van der Waals surface area (Å²) in [7, 11) is -1.86. The van der Waals surface area contributed by atoms with E-state index in [-0.39, 0.29) is 5.75 Å². The summed E-state index contributed by atoms with van der Waals surface area (Å²) in [5, 5.41) is 3.46. The predicted octanol–water partition coefficient (Wildman–Crippen LogP) is -0.276. The van der Waals surface area contributed by atoms with Gasteiger partial charge in [-0.05, 0) is 7.05 Å². The molecule has 0 fully saturated rings. The number of aromatic nitrogens is 1. The highest BCUT2D eigenvalue weighted by Gasteiger charge is 2.09. The number of hydrogen-bond acceptors (Lipinski definition) is 4. The molecule has 1 aromatic rings. The molecular weight excluding hydrogens is 168 g/mol. The van der Waals surface area contributed by atoms with E-state index in [2.05, 4.69) is 14.4 Å². The van der Waals surface area contributed by atoms with Crippen molar-refractivity contribution in [2.24, 2.45) is 0 Å². The van der Waals surface area contributed by atoms with Crippen molar-refractivity contribution in [3.8, 4) is 0 Å². The van der Waals surface area contributed by atoms with Crippen LogP contribution in [-0.2, 0) is 15.8 Å². The zero-order valence-corrected chi connectivity index (χ0v) is 6.76. The summed E-state index contributed by atoms with van der Waals surface area (Å²) in [5.41, 5.74) is 0.402. The van der Waals surface area contributed by atoms with Crippen LogP contribution in [0.2, 0.25) is 0 Å². The molecule has 1 aromatic heterocycles. The molecule has 0 aliphatic rings. The molecule has 1 heterocycles. The predicted molar refractivity (Wildman–Crippen MR) is 38.2 cm³/mol. The fourth-order valence-electron chi connectivity index (χ4n) is 0.579. The van der Waals surface area contributed by atoms with Gasteiger partial charge in [0.1, 0.15) is 12.0 Å². The molecule has 1 N–H and O–H groups in total. The molecule has 0 aromatic carbocycles. The van der Waals surface area contributed by atoms with Crippen LogP contribution < -0.4 is 4.72 Å². The van der Waals surface area contributed by atoms with E-state index in [9.17, 15) is 8.42 Å². The van der Waals surface area contributed by atoms with Gasteiger partial charge in [0.15, 0.2) is 0 Å². The summed E-state index contributed by atoms with van der Waals surface area (Å²) < 4.78 is 28.4. The molecule has 0 aliphatic carbocycles. The molecule has 0 spiro atoms. The molecule has 1 rings (SSSR count). The molecule has 0 saturated heterocycles. The SMILES string of the molecule is CNS(=O)(=O)Cc1ccon1. The Morgan fingerprint density at radius 3 is 2.91 bits per heavy atom. The number of nitrogens with zero attached hydrogens (tertiary/aromatic N) is 1. The van der Waals surface area contributed by atoms with Gasteiger partial charge < -0.3 is 4.52 Å². The zero-order valence-electron chi connectivity index (χ0n) is 5.94. The Bertz CT molecular complexity index is 302. The van der Waals surface area contributed by atoms with Gasteiger partial charge >= 0.3 is 0 Å². The fourth-order valence-corrected chi connectivity index (χ4v) is 1.26. The Morgan fingerprint density at radius 2 is 2.45 bits per heavy atom. The zero-order chi connectivity index (χ0) is 8.32. The molecule has 5 nitrogen and oxygen atoms in total. The van der Waals surface area contributed by atoms with Crippen LogP contribution in [0.15, 0.2) is 16.9 Å². The molecule has 0 amide bonds. The maximum absolute atomic E-state index is 10.9. The van der Waals surface area contributed by atoms with Gasteiger partial charge in [-0.1, -0.05) is 5.16 Å². The minimum Gasteiger partial charge on any atom is -0.364 e. The summed E-state index contributed by atoms with van der Waals surface area (Å²) in [5.74, 6) is -0.139. The summed E-state index contributed by atoms with van der Waals surface area (Å²) >= 11 is 0. The standard InChI is InChI=1S/C5H8N2O3S/c1-6-11(8,9)4-5-2-3-10-7-5/h2-3,6H,4H2,1H3. The van der Waals surface area contributed by atoms with Gasteiger partial charge in [0.25, 0.3) is 0 Å². The van der Waals surface area contributed by atoms with Crippen LogP contribution >= 0.6 is 0 Å². The van der Waals surface area contributed by atoms with Crippen molar-refractivity contribution in [1.29, 1.82) is 0 Å². The molecule has 0 saturated carbocycles. The van der Waals surface area contributed by atoms with Crippen molar-refractivity contribution >= 4 is 10.0 Å². The van der Waals surface area contributed by atoms with Crippen LogP contribution in [0.4, 0.5) is 0 Å². The molecule has 0 aliphatic heterocycles. The second-order valence-electron chi connectivity index (χ2n) is 1.95. The molecule has 0 bridgehead atoms. The van der Waals surface area contributed by atoms with Gasteiger partial charge in [-0.2, -0.15) is 0 Å². The second kappa shape index (κ2) is 3.02. The van der Waals surface area contributed by atoms with Crippen molar-refractivity contribution in [1.82, 2.24) is 9.88 Å². The van der Waals surface area contributed by atoms with Gasteiger partial charge in [0, 0.05) is 6.07 Å². The molecular formula is C5H8N2O3S. The Hall–Kier alpha value is -0.880. The molecule has 0 atom stereocenters. The maximum Gasteiger partial charge on any atom is 0.217 e. The first-order chi connectivity index (χ1) is 5.14. The number of sulfonamides is 1. The van der Waals surface area contributed by atoms with E-state index in [0.29, 0.717) is 5.69 Å². The normalized spacial score (nSPS) is 11.7. The first kappa shape index (κ1) is 8.22. The molecule has 6 heteroatoms. The van der Waals surface area contributed by atoms with Crippen molar-refractivity contribution < 1.29 is 12.9 Å². The van der Waals surface area contributed by atoms with E-state index in [1.165, 1.54) is 19.4 Å². The number of hydrogen-bond donors (Lipinski definition) is 1. The smallest absolute Gasteiger partial charge is 0.217 e. The highest BCUT2D eigenvalue weighted by molar-refractivity contribution is 7.88. The summed E-state index contributed by atoms with van der Waals surface area (Å²) in [6.07, 6.45) is 1.33. The minimum absolute atomic E-state index is 0.139. The van der Waals surface area contributed by atoms with E-state index >= 15 is 0 Å². The Kier molecular flexibility index (Phi) is 2.25. The van der Waals surface area contributed by atoms with Crippen molar-refractivity contribution in [3.63, 3.8) is 0 Å². The molecule has 0 unspecified atom stereocenters. The quantitative estimate of drug-likeness (QED) is 0.687. The van der Waals surface area contributed by atoms with Gasteiger partial charge in [-0.15, -0.1) is 0 Å². The van der Waals surface area contributed by atoms with Crippen molar-refractivity contribution in [3.05, 3.63) is 18.0 Å². The fraction of sp³-hybridized carbons (Fsp3) is 0.400. The summed E-state index contributed by atoms with van der Waals surface area (Å²) in [6, 6.07) is 1.51. The van der Waals surface area contributed by atoms with E-state index in [0.717, 1.165) is 0 Å². The van der Waals surface area contributed by atoms with Gasteiger partial charge in [0.2, 0.25) is 10.0 Å². The maximum atomic E-state index is 10.9. The third-order valence-corrected chi connectivity index (χ3v) is 2.44. The first-order valence-electron chi connectivity index (χ1n) is 2.94. The molecule has 62 valence electrons. The third-order valence-electron chi connectivity index (χ3n) is 1.14. The van der Waals surface area contributed by atoms with Crippen molar-refractivity contribution in [2.75, 3.05) is 7.05 Å². The van der Waals surface area contributed by atoms with Crippen LogP contribution in [0, 0.1) is 0 Å². The first-order valence-corrected chi connectivity index (χ1v) is 4.60. The van der Waals surface area contributed by atoms with Crippen LogP contribution in [-0.4, -0.2) is 20.6 Å². The lowest BCUT2D eigenvalue weighted by atomic mass is 10.5. The van der Waals surface area contributed by atoms with E-state index in [1.807, 2.05) is 0 Å².